The van der Waals surface area contributed by atoms with E-state index in [0.29, 0.717) is 5.54 Å². The number of hydrogen-bond donors (Lipinski definition) is 1. The smallest absolute Gasteiger partial charge is 0.0332 e. The van der Waals surface area contributed by atoms with Crippen molar-refractivity contribution in [2.75, 3.05) is 19.6 Å². The minimum Gasteiger partial charge on any atom is -0.329 e. The molecule has 1 heterocycles. The van der Waals surface area contributed by atoms with E-state index in [9.17, 15) is 0 Å². The van der Waals surface area contributed by atoms with Crippen LogP contribution in [0.1, 0.15) is 77.6 Å². The number of rotatable bonds is 3. The van der Waals surface area contributed by atoms with Gasteiger partial charge in [-0.3, -0.25) is 4.90 Å². The second-order valence-corrected chi connectivity index (χ2v) is 8.00. The lowest BCUT2D eigenvalue weighted by Gasteiger charge is -2.53. The Hall–Kier alpha value is -0.0800. The average Bonchev–Trinajstić information content (AvgIpc) is 2.97. The zero-order chi connectivity index (χ0) is 14.1. The molecule has 2 heteroatoms. The molecule has 3 fully saturated rings. The maximum absolute atomic E-state index is 6.30. The Morgan fingerprint density at radius 1 is 1.00 bits per heavy atom. The highest BCUT2D eigenvalue weighted by molar-refractivity contribution is 5.02. The van der Waals surface area contributed by atoms with Crippen LogP contribution in [0.4, 0.5) is 0 Å². The molecule has 2 nitrogen and oxygen atoms in total. The Morgan fingerprint density at radius 3 is 2.30 bits per heavy atom. The second kappa shape index (κ2) is 5.96. The van der Waals surface area contributed by atoms with E-state index >= 15 is 0 Å². The van der Waals surface area contributed by atoms with Gasteiger partial charge in [0.25, 0.3) is 0 Å². The fraction of sp³-hybridized carbons (Fsp3) is 1.00. The van der Waals surface area contributed by atoms with Gasteiger partial charge >= 0.3 is 0 Å². The van der Waals surface area contributed by atoms with Crippen LogP contribution in [-0.2, 0) is 0 Å². The van der Waals surface area contributed by atoms with E-state index in [1.54, 1.807) is 0 Å². The van der Waals surface area contributed by atoms with E-state index in [4.69, 9.17) is 5.73 Å². The van der Waals surface area contributed by atoms with Crippen LogP contribution < -0.4 is 5.73 Å². The molecule has 1 unspecified atom stereocenters. The predicted octanol–water partition coefficient (Wildman–Crippen LogP) is 3.94. The van der Waals surface area contributed by atoms with E-state index in [0.717, 1.165) is 17.9 Å². The van der Waals surface area contributed by atoms with Crippen molar-refractivity contribution < 1.29 is 0 Å². The van der Waals surface area contributed by atoms with Crippen molar-refractivity contribution in [1.82, 2.24) is 4.90 Å². The van der Waals surface area contributed by atoms with Crippen molar-refractivity contribution in [2.24, 2.45) is 17.1 Å². The zero-order valence-electron chi connectivity index (χ0n) is 13.5. The zero-order valence-corrected chi connectivity index (χ0v) is 13.5. The summed E-state index contributed by atoms with van der Waals surface area (Å²) < 4.78 is 0. The molecule has 1 aliphatic heterocycles. The number of nitrogens with zero attached hydrogens (tertiary/aromatic N) is 1. The van der Waals surface area contributed by atoms with Crippen LogP contribution in [0, 0.1) is 11.3 Å². The molecule has 3 aliphatic rings. The number of nitrogens with two attached hydrogens (primary N) is 1. The van der Waals surface area contributed by atoms with Crippen LogP contribution in [0.2, 0.25) is 0 Å². The Morgan fingerprint density at radius 2 is 1.70 bits per heavy atom. The molecular formula is C18H34N2. The van der Waals surface area contributed by atoms with Crippen molar-refractivity contribution in [3.63, 3.8) is 0 Å². The first-order valence-corrected chi connectivity index (χ1v) is 9.17. The minimum atomic E-state index is 0.363. The first-order valence-electron chi connectivity index (χ1n) is 9.17. The number of piperidine rings is 1. The van der Waals surface area contributed by atoms with Gasteiger partial charge in [0, 0.05) is 18.6 Å². The third-order valence-electron chi connectivity index (χ3n) is 7.05. The van der Waals surface area contributed by atoms with Gasteiger partial charge in [0.1, 0.15) is 0 Å². The maximum atomic E-state index is 6.30. The van der Waals surface area contributed by atoms with Crippen molar-refractivity contribution in [1.29, 1.82) is 0 Å². The molecule has 1 saturated heterocycles. The van der Waals surface area contributed by atoms with Gasteiger partial charge in [-0.1, -0.05) is 26.2 Å². The molecule has 2 saturated carbocycles. The van der Waals surface area contributed by atoms with E-state index in [2.05, 4.69) is 11.8 Å². The van der Waals surface area contributed by atoms with Crippen molar-refractivity contribution in [3.05, 3.63) is 0 Å². The molecule has 0 aromatic rings. The molecule has 0 aromatic carbocycles. The monoisotopic (exact) mass is 278 g/mol. The van der Waals surface area contributed by atoms with Crippen molar-refractivity contribution >= 4 is 0 Å². The van der Waals surface area contributed by atoms with E-state index < -0.39 is 0 Å². The first-order chi connectivity index (χ1) is 9.72. The molecule has 1 spiro atoms. The van der Waals surface area contributed by atoms with Crippen molar-refractivity contribution in [3.8, 4) is 0 Å². The van der Waals surface area contributed by atoms with Gasteiger partial charge in [-0.05, 0) is 69.2 Å². The SMILES string of the molecule is CCC1CCCN(C2(CN)CCC3(CCCC3)CC2)C1. The maximum Gasteiger partial charge on any atom is 0.0332 e. The Kier molecular flexibility index (Phi) is 4.42. The highest BCUT2D eigenvalue weighted by Crippen LogP contribution is 2.52. The lowest BCUT2D eigenvalue weighted by molar-refractivity contribution is -0.0114. The van der Waals surface area contributed by atoms with E-state index in [1.807, 2.05) is 0 Å². The van der Waals surface area contributed by atoms with Crippen LogP contribution in [0.15, 0.2) is 0 Å². The highest BCUT2D eigenvalue weighted by atomic mass is 15.2. The first kappa shape index (κ1) is 14.8. The summed E-state index contributed by atoms with van der Waals surface area (Å²) in [4.78, 5) is 2.81. The van der Waals surface area contributed by atoms with Crippen LogP contribution in [0.3, 0.4) is 0 Å². The Bertz CT molecular complexity index is 309. The highest BCUT2D eigenvalue weighted by Gasteiger charge is 2.46. The van der Waals surface area contributed by atoms with Crippen LogP contribution in [-0.4, -0.2) is 30.1 Å². The van der Waals surface area contributed by atoms with Gasteiger partial charge in [-0.25, -0.2) is 0 Å². The van der Waals surface area contributed by atoms with Gasteiger partial charge in [0.05, 0.1) is 0 Å². The van der Waals surface area contributed by atoms with Gasteiger partial charge in [-0.15, -0.1) is 0 Å². The fourth-order valence-corrected chi connectivity index (χ4v) is 5.35. The summed E-state index contributed by atoms with van der Waals surface area (Å²) in [6, 6.07) is 0. The normalized spacial score (nSPS) is 33.6. The third-order valence-corrected chi connectivity index (χ3v) is 7.05. The Balaban J connectivity index is 1.66. The molecule has 0 radical (unpaired) electrons. The molecule has 3 rings (SSSR count). The van der Waals surface area contributed by atoms with Gasteiger partial charge < -0.3 is 5.73 Å². The lowest BCUT2D eigenvalue weighted by Crippen LogP contribution is -2.59. The van der Waals surface area contributed by atoms with E-state index in [1.165, 1.54) is 83.7 Å². The van der Waals surface area contributed by atoms with Crippen LogP contribution >= 0.6 is 0 Å². The summed E-state index contributed by atoms with van der Waals surface area (Å²) in [6.07, 6.45) is 15.8. The van der Waals surface area contributed by atoms with Gasteiger partial charge in [-0.2, -0.15) is 0 Å². The van der Waals surface area contributed by atoms with Crippen molar-refractivity contribution in [2.45, 2.75) is 83.1 Å². The third kappa shape index (κ3) is 2.66. The summed E-state index contributed by atoms with van der Waals surface area (Å²) >= 11 is 0. The minimum absolute atomic E-state index is 0.363. The summed E-state index contributed by atoms with van der Waals surface area (Å²) in [5, 5.41) is 0. The summed E-state index contributed by atoms with van der Waals surface area (Å²) in [6.45, 7) is 5.87. The van der Waals surface area contributed by atoms with Crippen LogP contribution in [0.5, 0.6) is 0 Å². The lowest BCUT2D eigenvalue weighted by atomic mass is 9.65. The number of hydrogen-bond acceptors (Lipinski definition) is 2. The van der Waals surface area contributed by atoms with Crippen LogP contribution in [0.25, 0.3) is 0 Å². The topological polar surface area (TPSA) is 29.3 Å². The largest absolute Gasteiger partial charge is 0.329 e. The summed E-state index contributed by atoms with van der Waals surface area (Å²) in [5.41, 5.74) is 7.40. The molecule has 116 valence electrons. The fourth-order valence-electron chi connectivity index (χ4n) is 5.35. The standard InChI is InChI=1S/C18H34N2/c1-2-16-6-5-13-20(14-16)18(15-19)11-9-17(10-12-18)7-3-4-8-17/h16H,2-15,19H2,1H3. The summed E-state index contributed by atoms with van der Waals surface area (Å²) in [5.74, 6) is 0.926. The molecule has 2 aliphatic carbocycles. The Labute approximate surface area is 125 Å². The molecule has 0 amide bonds. The summed E-state index contributed by atoms with van der Waals surface area (Å²) in [7, 11) is 0. The van der Waals surface area contributed by atoms with Gasteiger partial charge in [0.2, 0.25) is 0 Å². The predicted molar refractivity (Wildman–Crippen MR) is 85.7 cm³/mol. The average molecular weight is 278 g/mol. The quantitative estimate of drug-likeness (QED) is 0.847. The number of likely N-dealkylation sites (tertiary alicyclic amines) is 1. The molecule has 0 aromatic heterocycles. The van der Waals surface area contributed by atoms with E-state index in [-0.39, 0.29) is 0 Å². The second-order valence-electron chi connectivity index (χ2n) is 8.00. The molecule has 1 atom stereocenters. The van der Waals surface area contributed by atoms with Gasteiger partial charge in [0.15, 0.2) is 0 Å². The molecule has 20 heavy (non-hydrogen) atoms. The molecule has 2 N–H and O–H groups in total. The molecular weight excluding hydrogens is 244 g/mol. The molecule has 0 bridgehead atoms.